The summed E-state index contributed by atoms with van der Waals surface area (Å²) in [6, 6.07) is 14.8. The Bertz CT molecular complexity index is 1490. The average molecular weight is 512 g/mol. The molecule has 1 saturated heterocycles. The molecule has 2 aromatic heterocycles. The molecule has 1 aliphatic carbocycles. The summed E-state index contributed by atoms with van der Waals surface area (Å²) in [5, 5.41) is 14.2. The van der Waals surface area contributed by atoms with Gasteiger partial charge in [0.05, 0.1) is 11.6 Å². The van der Waals surface area contributed by atoms with Crippen molar-refractivity contribution < 1.29 is 0 Å². The molecule has 3 heterocycles. The second-order valence-corrected chi connectivity index (χ2v) is 11.1. The SMILES string of the molecule is Cc1ccc(C)c(N2CCN(C(c3cc4cccc(C)c4[nH]c3=O)c3nnnn3C3CCCCC3)CC2)c1. The number of hydrogen-bond acceptors (Lipinski definition) is 6. The maximum atomic E-state index is 13.6. The maximum Gasteiger partial charge on any atom is 0.253 e. The fraction of sp³-hybridized carbons (Fsp3) is 0.467. The van der Waals surface area contributed by atoms with Crippen LogP contribution in [0.2, 0.25) is 0 Å². The minimum atomic E-state index is -0.304. The fourth-order valence-electron chi connectivity index (χ4n) is 6.35. The molecular weight excluding hydrogens is 474 g/mol. The number of hydrogen-bond donors (Lipinski definition) is 1. The molecule has 1 unspecified atom stereocenters. The van der Waals surface area contributed by atoms with Crippen molar-refractivity contribution in [1.82, 2.24) is 30.1 Å². The van der Waals surface area contributed by atoms with Crippen LogP contribution < -0.4 is 10.5 Å². The number of para-hydroxylation sites is 1. The molecule has 1 atom stereocenters. The van der Waals surface area contributed by atoms with Crippen molar-refractivity contribution in [1.29, 1.82) is 0 Å². The van der Waals surface area contributed by atoms with Crippen molar-refractivity contribution in [2.75, 3.05) is 31.1 Å². The van der Waals surface area contributed by atoms with Gasteiger partial charge in [-0.2, -0.15) is 0 Å². The van der Waals surface area contributed by atoms with Crippen LogP contribution in [-0.2, 0) is 0 Å². The van der Waals surface area contributed by atoms with E-state index in [1.807, 2.05) is 23.7 Å². The summed E-state index contributed by atoms with van der Waals surface area (Å²) in [5.74, 6) is 0.787. The van der Waals surface area contributed by atoms with Gasteiger partial charge >= 0.3 is 0 Å². The second kappa shape index (κ2) is 10.3. The van der Waals surface area contributed by atoms with Crippen LogP contribution in [0, 0.1) is 20.8 Å². The molecule has 0 radical (unpaired) electrons. The molecule has 198 valence electrons. The highest BCUT2D eigenvalue weighted by molar-refractivity contribution is 5.82. The van der Waals surface area contributed by atoms with E-state index in [9.17, 15) is 4.79 Å². The number of aryl methyl sites for hydroxylation is 3. The molecule has 2 fully saturated rings. The normalized spacial score (nSPS) is 18.2. The van der Waals surface area contributed by atoms with Crippen LogP contribution >= 0.6 is 0 Å². The van der Waals surface area contributed by atoms with Gasteiger partial charge in [-0.15, -0.1) is 5.10 Å². The van der Waals surface area contributed by atoms with Gasteiger partial charge in [0.25, 0.3) is 5.56 Å². The van der Waals surface area contributed by atoms with Crippen LogP contribution in [0.3, 0.4) is 0 Å². The van der Waals surface area contributed by atoms with Crippen molar-refractivity contribution in [3.05, 3.63) is 80.9 Å². The van der Waals surface area contributed by atoms with Crippen molar-refractivity contribution in [3.8, 4) is 0 Å². The van der Waals surface area contributed by atoms with E-state index in [0.717, 1.165) is 66.9 Å². The number of piperazine rings is 1. The molecule has 0 bridgehead atoms. The van der Waals surface area contributed by atoms with Gasteiger partial charge in [-0.1, -0.05) is 49.6 Å². The molecule has 4 aromatic rings. The summed E-state index contributed by atoms with van der Waals surface area (Å²) in [6.07, 6.45) is 5.82. The van der Waals surface area contributed by atoms with Crippen LogP contribution in [0.5, 0.6) is 0 Å². The highest BCUT2D eigenvalue weighted by Crippen LogP contribution is 2.34. The Morgan fingerprint density at radius 2 is 1.71 bits per heavy atom. The third-order valence-electron chi connectivity index (χ3n) is 8.48. The zero-order chi connectivity index (χ0) is 26.2. The molecule has 2 aromatic carbocycles. The number of tetrazole rings is 1. The number of benzene rings is 2. The van der Waals surface area contributed by atoms with Gasteiger partial charge < -0.3 is 9.88 Å². The maximum absolute atomic E-state index is 13.6. The summed E-state index contributed by atoms with van der Waals surface area (Å²) in [6.45, 7) is 9.77. The first kappa shape index (κ1) is 24.8. The van der Waals surface area contributed by atoms with Crippen molar-refractivity contribution >= 4 is 16.6 Å². The first-order valence-electron chi connectivity index (χ1n) is 14.0. The molecule has 0 spiro atoms. The smallest absolute Gasteiger partial charge is 0.253 e. The molecule has 1 aliphatic heterocycles. The number of anilines is 1. The first-order chi connectivity index (χ1) is 18.5. The minimum Gasteiger partial charge on any atom is -0.369 e. The van der Waals surface area contributed by atoms with E-state index in [0.29, 0.717) is 0 Å². The standard InChI is InChI=1S/C30H37N7O/c1-20-12-13-21(2)26(18-20)35-14-16-36(17-15-35)28(29-32-33-34-37(29)24-10-5-4-6-11-24)25-19-23-9-7-8-22(3)27(23)31-30(25)38/h7-9,12-13,18-19,24,28H,4-6,10-11,14-17H2,1-3H3,(H,31,38). The minimum absolute atomic E-state index is 0.0630. The van der Waals surface area contributed by atoms with E-state index < -0.39 is 0 Å². The first-order valence-corrected chi connectivity index (χ1v) is 14.0. The van der Waals surface area contributed by atoms with E-state index in [-0.39, 0.29) is 17.6 Å². The fourth-order valence-corrected chi connectivity index (χ4v) is 6.35. The van der Waals surface area contributed by atoms with E-state index in [1.165, 1.54) is 36.1 Å². The lowest BCUT2D eigenvalue weighted by Crippen LogP contribution is -2.49. The van der Waals surface area contributed by atoms with Crippen LogP contribution in [0.1, 0.15) is 72.3 Å². The Morgan fingerprint density at radius 3 is 2.50 bits per heavy atom. The zero-order valence-electron chi connectivity index (χ0n) is 22.7. The second-order valence-electron chi connectivity index (χ2n) is 11.1. The van der Waals surface area contributed by atoms with Crippen molar-refractivity contribution in [3.63, 3.8) is 0 Å². The highest BCUT2D eigenvalue weighted by Gasteiger charge is 2.34. The summed E-state index contributed by atoms with van der Waals surface area (Å²) >= 11 is 0. The molecule has 8 nitrogen and oxygen atoms in total. The molecule has 0 amide bonds. The lowest BCUT2D eigenvalue weighted by Gasteiger charge is -2.40. The van der Waals surface area contributed by atoms with Crippen LogP contribution in [-0.4, -0.2) is 56.3 Å². The van der Waals surface area contributed by atoms with Gasteiger partial charge in [0.2, 0.25) is 0 Å². The summed E-state index contributed by atoms with van der Waals surface area (Å²) < 4.78 is 2.03. The zero-order valence-corrected chi connectivity index (χ0v) is 22.7. The Balaban J connectivity index is 1.39. The molecule has 1 saturated carbocycles. The summed E-state index contributed by atoms with van der Waals surface area (Å²) in [4.78, 5) is 21.7. The lowest BCUT2D eigenvalue weighted by molar-refractivity contribution is 0.192. The highest BCUT2D eigenvalue weighted by atomic mass is 16.1. The Morgan fingerprint density at radius 1 is 0.921 bits per heavy atom. The quantitative estimate of drug-likeness (QED) is 0.412. The number of fused-ring (bicyclic) bond motifs is 1. The average Bonchev–Trinajstić information content (AvgIpc) is 3.41. The van der Waals surface area contributed by atoms with E-state index in [1.54, 1.807) is 0 Å². The van der Waals surface area contributed by atoms with Gasteiger partial charge in [0.1, 0.15) is 6.04 Å². The van der Waals surface area contributed by atoms with Crippen molar-refractivity contribution in [2.45, 2.75) is 65.0 Å². The number of pyridine rings is 1. The molecule has 2 aliphatic rings. The molecule has 6 rings (SSSR count). The Labute approximate surface area is 223 Å². The number of H-pyrrole nitrogens is 1. The predicted octanol–water partition coefficient (Wildman–Crippen LogP) is 4.86. The number of aromatic nitrogens is 5. The molecular formula is C30H37N7O. The number of nitrogens with zero attached hydrogens (tertiary/aromatic N) is 6. The third kappa shape index (κ3) is 4.62. The monoisotopic (exact) mass is 511 g/mol. The van der Waals surface area contributed by atoms with Crippen LogP contribution in [0.25, 0.3) is 10.9 Å². The number of rotatable bonds is 5. The van der Waals surface area contributed by atoms with Gasteiger partial charge in [-0.25, -0.2) is 4.68 Å². The molecule has 38 heavy (non-hydrogen) atoms. The van der Waals surface area contributed by atoms with Gasteiger partial charge in [-0.3, -0.25) is 9.69 Å². The summed E-state index contributed by atoms with van der Waals surface area (Å²) in [7, 11) is 0. The van der Waals surface area contributed by atoms with Gasteiger partial charge in [0, 0.05) is 37.4 Å². The number of aromatic amines is 1. The van der Waals surface area contributed by atoms with E-state index in [4.69, 9.17) is 0 Å². The Hall–Kier alpha value is -3.52. The Kier molecular flexibility index (Phi) is 6.74. The van der Waals surface area contributed by atoms with Crippen LogP contribution in [0.15, 0.2) is 47.3 Å². The molecule has 1 N–H and O–H groups in total. The van der Waals surface area contributed by atoms with Gasteiger partial charge in [0.15, 0.2) is 5.82 Å². The topological polar surface area (TPSA) is 82.9 Å². The number of nitrogens with one attached hydrogen (secondary N) is 1. The van der Waals surface area contributed by atoms with Gasteiger partial charge in [-0.05, 0) is 78.2 Å². The largest absolute Gasteiger partial charge is 0.369 e. The lowest BCUT2D eigenvalue weighted by atomic mass is 9.95. The molecule has 8 heteroatoms. The third-order valence-corrected chi connectivity index (χ3v) is 8.48. The van der Waals surface area contributed by atoms with E-state index >= 15 is 0 Å². The summed E-state index contributed by atoms with van der Waals surface area (Å²) in [5.41, 5.74) is 6.48. The predicted molar refractivity (Wildman–Crippen MR) is 151 cm³/mol. The van der Waals surface area contributed by atoms with Crippen molar-refractivity contribution in [2.24, 2.45) is 0 Å². The van der Waals surface area contributed by atoms with E-state index in [2.05, 4.69) is 74.5 Å². The van der Waals surface area contributed by atoms with Crippen LogP contribution in [0.4, 0.5) is 5.69 Å².